The lowest BCUT2D eigenvalue weighted by atomic mass is 10.0. The number of amides is 2. The Hall–Kier alpha value is -3.20. The fourth-order valence-corrected chi connectivity index (χ4v) is 5.16. The highest BCUT2D eigenvalue weighted by Gasteiger charge is 2.25. The number of fused-ring (bicyclic) bond motifs is 1. The van der Waals surface area contributed by atoms with Gasteiger partial charge in [-0.3, -0.25) is 19.0 Å². The summed E-state index contributed by atoms with van der Waals surface area (Å²) < 4.78 is 6.63. The zero-order chi connectivity index (χ0) is 22.8. The van der Waals surface area contributed by atoms with Crippen molar-refractivity contribution in [3.05, 3.63) is 51.4 Å². The van der Waals surface area contributed by atoms with Crippen molar-refractivity contribution in [1.29, 1.82) is 0 Å². The number of ether oxygens (including phenoxy) is 1. The summed E-state index contributed by atoms with van der Waals surface area (Å²) in [5, 5.41) is 3.22. The zero-order valence-corrected chi connectivity index (χ0v) is 19.2. The second kappa shape index (κ2) is 9.12. The number of carbonyl (C=O) groups is 2. The standard InChI is InChI=1S/C23H26N4O4S/c1-14-8-6-7-11-27(14)18(28)12-26-13-24-22-19(23(26)30)15(2)20(32-22)21(29)25-16-9-4-5-10-17(16)31-3/h4-5,9-10,13-14H,6-8,11-12H2,1-3H3,(H,25,29). The van der Waals surface area contributed by atoms with E-state index in [-0.39, 0.29) is 30.0 Å². The fourth-order valence-electron chi connectivity index (χ4n) is 4.12. The number of para-hydroxylation sites is 2. The minimum atomic E-state index is -0.334. The summed E-state index contributed by atoms with van der Waals surface area (Å²) in [6, 6.07) is 7.30. The van der Waals surface area contributed by atoms with E-state index in [1.165, 1.54) is 18.0 Å². The van der Waals surface area contributed by atoms with Gasteiger partial charge >= 0.3 is 0 Å². The first-order chi connectivity index (χ1) is 15.4. The van der Waals surface area contributed by atoms with Crippen molar-refractivity contribution in [3.8, 4) is 5.75 Å². The Morgan fingerprint density at radius 2 is 2.06 bits per heavy atom. The Morgan fingerprint density at radius 1 is 1.28 bits per heavy atom. The van der Waals surface area contributed by atoms with Gasteiger partial charge in [-0.05, 0) is 50.8 Å². The molecule has 0 spiro atoms. The summed E-state index contributed by atoms with van der Waals surface area (Å²) >= 11 is 1.16. The second-order valence-corrected chi connectivity index (χ2v) is 9.00. The quantitative estimate of drug-likeness (QED) is 0.638. The Kier molecular flexibility index (Phi) is 6.27. The number of aromatic nitrogens is 2. The average Bonchev–Trinajstić information content (AvgIpc) is 3.13. The molecule has 3 heterocycles. The first-order valence-electron chi connectivity index (χ1n) is 10.6. The third-order valence-corrected chi connectivity index (χ3v) is 7.11. The van der Waals surface area contributed by atoms with E-state index in [1.807, 2.05) is 17.9 Å². The van der Waals surface area contributed by atoms with Gasteiger partial charge < -0.3 is 15.0 Å². The highest BCUT2D eigenvalue weighted by atomic mass is 32.1. The highest BCUT2D eigenvalue weighted by molar-refractivity contribution is 7.20. The van der Waals surface area contributed by atoms with Crippen molar-refractivity contribution >= 4 is 39.1 Å². The number of anilines is 1. The summed E-state index contributed by atoms with van der Waals surface area (Å²) in [6.07, 6.45) is 4.48. The lowest BCUT2D eigenvalue weighted by Gasteiger charge is -2.33. The van der Waals surface area contributed by atoms with Crippen LogP contribution in [0.15, 0.2) is 35.4 Å². The maximum absolute atomic E-state index is 13.2. The molecule has 9 heteroatoms. The molecule has 1 aromatic carbocycles. The molecule has 4 rings (SSSR count). The average molecular weight is 455 g/mol. The Bertz CT molecular complexity index is 1230. The Morgan fingerprint density at radius 3 is 2.81 bits per heavy atom. The number of aryl methyl sites for hydroxylation is 1. The van der Waals surface area contributed by atoms with E-state index < -0.39 is 0 Å². The number of rotatable bonds is 5. The van der Waals surface area contributed by atoms with Crippen molar-refractivity contribution < 1.29 is 14.3 Å². The number of nitrogens with one attached hydrogen (secondary N) is 1. The van der Waals surface area contributed by atoms with E-state index in [9.17, 15) is 14.4 Å². The number of thiophene rings is 1. The Balaban J connectivity index is 1.61. The molecular weight excluding hydrogens is 428 g/mol. The number of carbonyl (C=O) groups excluding carboxylic acids is 2. The minimum absolute atomic E-state index is 0.0514. The minimum Gasteiger partial charge on any atom is -0.495 e. The number of benzene rings is 1. The molecule has 168 valence electrons. The summed E-state index contributed by atoms with van der Waals surface area (Å²) in [5.41, 5.74) is 0.796. The van der Waals surface area contributed by atoms with Crippen LogP contribution in [0.1, 0.15) is 41.4 Å². The molecule has 1 unspecified atom stereocenters. The molecule has 32 heavy (non-hydrogen) atoms. The summed E-state index contributed by atoms with van der Waals surface area (Å²) in [6.45, 7) is 4.44. The van der Waals surface area contributed by atoms with Crippen LogP contribution in [0.25, 0.3) is 10.2 Å². The molecule has 1 aliphatic heterocycles. The van der Waals surface area contributed by atoms with Crippen LogP contribution in [0.2, 0.25) is 0 Å². The molecule has 3 aromatic rings. The largest absolute Gasteiger partial charge is 0.495 e. The van der Waals surface area contributed by atoms with Gasteiger partial charge in [-0.2, -0.15) is 0 Å². The van der Waals surface area contributed by atoms with E-state index in [1.54, 1.807) is 25.1 Å². The van der Waals surface area contributed by atoms with E-state index in [2.05, 4.69) is 10.3 Å². The van der Waals surface area contributed by atoms with Crippen molar-refractivity contribution in [1.82, 2.24) is 14.5 Å². The molecule has 1 saturated heterocycles. The normalized spacial score (nSPS) is 16.2. The maximum atomic E-state index is 13.2. The van der Waals surface area contributed by atoms with Crippen LogP contribution in [0.4, 0.5) is 5.69 Å². The van der Waals surface area contributed by atoms with Crippen LogP contribution in [-0.4, -0.2) is 46.0 Å². The number of hydrogen-bond donors (Lipinski definition) is 1. The van der Waals surface area contributed by atoms with Gasteiger partial charge in [-0.25, -0.2) is 4.98 Å². The van der Waals surface area contributed by atoms with Crippen molar-refractivity contribution in [2.45, 2.75) is 45.7 Å². The molecular formula is C23H26N4O4S. The van der Waals surface area contributed by atoms with Crippen LogP contribution in [-0.2, 0) is 11.3 Å². The van der Waals surface area contributed by atoms with Gasteiger partial charge in [-0.1, -0.05) is 12.1 Å². The van der Waals surface area contributed by atoms with Gasteiger partial charge in [0.25, 0.3) is 11.5 Å². The van der Waals surface area contributed by atoms with Crippen LogP contribution in [0.5, 0.6) is 5.75 Å². The summed E-state index contributed by atoms with van der Waals surface area (Å²) in [7, 11) is 1.54. The van der Waals surface area contributed by atoms with Crippen LogP contribution in [0, 0.1) is 6.92 Å². The molecule has 8 nitrogen and oxygen atoms in total. The van der Waals surface area contributed by atoms with Crippen molar-refractivity contribution in [3.63, 3.8) is 0 Å². The molecule has 0 aliphatic carbocycles. The van der Waals surface area contributed by atoms with E-state index >= 15 is 0 Å². The maximum Gasteiger partial charge on any atom is 0.266 e. The number of hydrogen-bond acceptors (Lipinski definition) is 6. The lowest BCUT2D eigenvalue weighted by molar-refractivity contribution is -0.135. The molecule has 1 N–H and O–H groups in total. The van der Waals surface area contributed by atoms with E-state index in [4.69, 9.17) is 4.74 Å². The predicted molar refractivity (Wildman–Crippen MR) is 125 cm³/mol. The molecule has 2 aromatic heterocycles. The van der Waals surface area contributed by atoms with Gasteiger partial charge in [0.15, 0.2) is 0 Å². The van der Waals surface area contributed by atoms with Crippen LogP contribution in [0.3, 0.4) is 0 Å². The highest BCUT2D eigenvalue weighted by Crippen LogP contribution is 2.29. The fraction of sp³-hybridized carbons (Fsp3) is 0.391. The number of nitrogens with zero attached hydrogens (tertiary/aromatic N) is 3. The second-order valence-electron chi connectivity index (χ2n) is 8.00. The van der Waals surface area contributed by atoms with Crippen molar-refractivity contribution in [2.24, 2.45) is 0 Å². The SMILES string of the molecule is COc1ccccc1NC(=O)c1sc2ncn(CC(=O)N3CCCCC3C)c(=O)c2c1C. The van der Waals surface area contributed by atoms with Crippen LogP contribution >= 0.6 is 11.3 Å². The number of methoxy groups -OCH3 is 1. The summed E-state index contributed by atoms with van der Waals surface area (Å²) in [5.74, 6) is 0.132. The number of piperidine rings is 1. The third-order valence-electron chi connectivity index (χ3n) is 5.91. The molecule has 1 aliphatic rings. The first kappa shape index (κ1) is 22.0. The van der Waals surface area contributed by atoms with Gasteiger partial charge in [0.05, 0.1) is 29.4 Å². The molecule has 1 fully saturated rings. The van der Waals surface area contributed by atoms with Gasteiger partial charge in [0.2, 0.25) is 5.91 Å². The summed E-state index contributed by atoms with van der Waals surface area (Å²) in [4.78, 5) is 46.0. The first-order valence-corrected chi connectivity index (χ1v) is 11.4. The smallest absolute Gasteiger partial charge is 0.266 e. The molecule has 1 atom stereocenters. The van der Waals surface area contributed by atoms with E-state index in [0.717, 1.165) is 37.1 Å². The van der Waals surface area contributed by atoms with Gasteiger partial charge in [-0.15, -0.1) is 11.3 Å². The van der Waals surface area contributed by atoms with E-state index in [0.29, 0.717) is 32.1 Å². The lowest BCUT2D eigenvalue weighted by Crippen LogP contribution is -2.44. The third kappa shape index (κ3) is 4.12. The molecule has 0 saturated carbocycles. The Labute approximate surface area is 189 Å². The van der Waals surface area contributed by atoms with Gasteiger partial charge in [0, 0.05) is 12.6 Å². The molecule has 0 radical (unpaired) electrons. The topological polar surface area (TPSA) is 93.5 Å². The number of likely N-dealkylation sites (tertiary alicyclic amines) is 1. The molecule has 2 amide bonds. The predicted octanol–water partition coefficient (Wildman–Crippen LogP) is 3.43. The monoisotopic (exact) mass is 454 g/mol. The van der Waals surface area contributed by atoms with Crippen molar-refractivity contribution in [2.75, 3.05) is 19.0 Å². The van der Waals surface area contributed by atoms with Crippen LogP contribution < -0.4 is 15.6 Å². The molecule has 0 bridgehead atoms. The zero-order valence-electron chi connectivity index (χ0n) is 18.4. The van der Waals surface area contributed by atoms with Gasteiger partial charge in [0.1, 0.15) is 17.1 Å².